The molecule has 0 bridgehead atoms. The normalized spacial score (nSPS) is 33.4. The fourth-order valence-electron chi connectivity index (χ4n) is 4.16. The lowest BCUT2D eigenvalue weighted by Gasteiger charge is -2.42. The van der Waals surface area contributed by atoms with Crippen molar-refractivity contribution in [2.45, 2.75) is 38.4 Å². The van der Waals surface area contributed by atoms with E-state index in [1.165, 1.54) is 4.90 Å². The minimum atomic E-state index is -0.887. The lowest BCUT2D eigenvalue weighted by molar-refractivity contribution is -0.159. The van der Waals surface area contributed by atoms with E-state index in [1.807, 2.05) is 12.1 Å². The number of amides is 2. The highest BCUT2D eigenvalue weighted by Gasteiger charge is 2.59. The van der Waals surface area contributed by atoms with Gasteiger partial charge in [-0.15, -0.1) is 0 Å². The summed E-state index contributed by atoms with van der Waals surface area (Å²) >= 11 is 0. The number of hydrogen-bond donors (Lipinski definition) is 0. The second kappa shape index (κ2) is 5.12. The van der Waals surface area contributed by atoms with Crippen molar-refractivity contribution in [3.05, 3.63) is 23.8 Å². The number of nitrogens with zero attached hydrogens (tertiary/aromatic N) is 3. The average molecular weight is 341 g/mol. The predicted molar refractivity (Wildman–Crippen MR) is 86.5 cm³/mol. The third-order valence-electron chi connectivity index (χ3n) is 5.64. The Morgan fingerprint density at radius 2 is 2.04 bits per heavy atom. The third kappa shape index (κ3) is 1.97. The molecule has 4 atom stereocenters. The van der Waals surface area contributed by atoms with Gasteiger partial charge in [-0.25, -0.2) is 0 Å². The van der Waals surface area contributed by atoms with Crippen molar-refractivity contribution in [3.8, 4) is 17.6 Å². The van der Waals surface area contributed by atoms with Crippen LogP contribution in [0.15, 0.2) is 18.2 Å². The van der Waals surface area contributed by atoms with E-state index in [0.717, 1.165) is 5.56 Å². The van der Waals surface area contributed by atoms with Crippen molar-refractivity contribution in [1.29, 1.82) is 5.26 Å². The molecule has 3 aliphatic heterocycles. The minimum Gasteiger partial charge on any atom is -0.454 e. The van der Waals surface area contributed by atoms with E-state index in [2.05, 4.69) is 6.07 Å². The van der Waals surface area contributed by atoms with E-state index in [0.29, 0.717) is 17.9 Å². The molecular formula is C18H19N3O4. The van der Waals surface area contributed by atoms with Crippen LogP contribution >= 0.6 is 0 Å². The molecule has 0 aliphatic carbocycles. The lowest BCUT2D eigenvalue weighted by Crippen LogP contribution is -2.60. The molecule has 2 fully saturated rings. The number of benzene rings is 1. The summed E-state index contributed by atoms with van der Waals surface area (Å²) in [4.78, 5) is 28.8. The number of nitriles is 1. The van der Waals surface area contributed by atoms with Gasteiger partial charge in [0.15, 0.2) is 11.5 Å². The zero-order valence-corrected chi connectivity index (χ0v) is 14.4. The van der Waals surface area contributed by atoms with Crippen molar-refractivity contribution in [2.75, 3.05) is 13.8 Å². The van der Waals surface area contributed by atoms with Crippen LogP contribution in [0.25, 0.3) is 0 Å². The van der Waals surface area contributed by atoms with Crippen molar-refractivity contribution in [2.24, 2.45) is 5.41 Å². The van der Waals surface area contributed by atoms with Gasteiger partial charge in [0.1, 0.15) is 12.1 Å². The average Bonchev–Trinajstić information content (AvgIpc) is 3.21. The standard InChI is InChI=1S/C18H19N3O4/c1-10-16(22)21-12(17(23)20(10)3)7-18(2,8-19)15(21)11-5-4-6-13-14(11)25-9-24-13/h4-6,10,12,15H,7,9H2,1-3H3/t10-,12+,15?,18-/m1/s1. The Morgan fingerprint density at radius 3 is 2.76 bits per heavy atom. The number of carbonyl (C=O) groups excluding carboxylic acids is 2. The van der Waals surface area contributed by atoms with Crippen LogP contribution in [0.3, 0.4) is 0 Å². The van der Waals surface area contributed by atoms with E-state index in [9.17, 15) is 14.9 Å². The Labute approximate surface area is 145 Å². The third-order valence-corrected chi connectivity index (χ3v) is 5.64. The van der Waals surface area contributed by atoms with Crippen molar-refractivity contribution in [3.63, 3.8) is 0 Å². The summed E-state index contributed by atoms with van der Waals surface area (Å²) in [6, 6.07) is 6.08. The Hall–Kier alpha value is -2.75. The number of rotatable bonds is 1. The summed E-state index contributed by atoms with van der Waals surface area (Å²) in [6.07, 6.45) is 0.306. The fourth-order valence-corrected chi connectivity index (χ4v) is 4.16. The summed E-state index contributed by atoms with van der Waals surface area (Å²) in [6.45, 7) is 3.62. The lowest BCUT2D eigenvalue weighted by atomic mass is 9.79. The maximum absolute atomic E-state index is 13.0. The molecule has 130 valence electrons. The highest BCUT2D eigenvalue weighted by Crippen LogP contribution is 2.55. The molecule has 0 aromatic heterocycles. The van der Waals surface area contributed by atoms with Crippen LogP contribution in [-0.2, 0) is 9.59 Å². The topological polar surface area (TPSA) is 82.9 Å². The molecule has 4 rings (SSSR count). The van der Waals surface area contributed by atoms with Gasteiger partial charge in [-0.05, 0) is 26.3 Å². The molecule has 2 amide bonds. The Morgan fingerprint density at radius 1 is 1.28 bits per heavy atom. The van der Waals surface area contributed by atoms with Gasteiger partial charge in [-0.3, -0.25) is 9.59 Å². The largest absolute Gasteiger partial charge is 0.454 e. The van der Waals surface area contributed by atoms with Crippen LogP contribution in [0.2, 0.25) is 0 Å². The van der Waals surface area contributed by atoms with E-state index in [4.69, 9.17) is 9.47 Å². The summed E-state index contributed by atoms with van der Waals surface area (Å²) in [7, 11) is 1.64. The monoisotopic (exact) mass is 341 g/mol. The maximum Gasteiger partial charge on any atom is 0.246 e. The number of para-hydroxylation sites is 1. The van der Waals surface area contributed by atoms with Crippen LogP contribution in [-0.4, -0.2) is 47.5 Å². The number of hydrogen-bond acceptors (Lipinski definition) is 5. The van der Waals surface area contributed by atoms with E-state index < -0.39 is 23.5 Å². The van der Waals surface area contributed by atoms with Crippen molar-refractivity contribution in [1.82, 2.24) is 9.80 Å². The fraction of sp³-hybridized carbons (Fsp3) is 0.500. The quantitative estimate of drug-likeness (QED) is 0.772. The van der Waals surface area contributed by atoms with Gasteiger partial charge in [0.05, 0.1) is 17.5 Å². The molecule has 25 heavy (non-hydrogen) atoms. The number of carbonyl (C=O) groups is 2. The summed E-state index contributed by atoms with van der Waals surface area (Å²) in [5.74, 6) is 0.886. The second-order valence-corrected chi connectivity index (χ2v) is 7.10. The molecule has 3 aliphatic rings. The van der Waals surface area contributed by atoms with Gasteiger partial charge >= 0.3 is 0 Å². The van der Waals surface area contributed by atoms with Gasteiger partial charge in [0.2, 0.25) is 18.6 Å². The zero-order valence-electron chi connectivity index (χ0n) is 14.4. The second-order valence-electron chi connectivity index (χ2n) is 7.10. The van der Waals surface area contributed by atoms with Gasteiger partial charge in [-0.2, -0.15) is 5.26 Å². The SMILES string of the molecule is C[C@@H]1C(=O)N2C(c3cccc4c3OCO4)[C@@](C)(C#N)C[C@H]2C(=O)N1C. The first-order chi connectivity index (χ1) is 11.9. The molecule has 7 heteroatoms. The van der Waals surface area contributed by atoms with Crippen LogP contribution in [0.4, 0.5) is 0 Å². The summed E-state index contributed by atoms with van der Waals surface area (Å²) < 4.78 is 11.0. The van der Waals surface area contributed by atoms with Gasteiger partial charge in [0.25, 0.3) is 0 Å². The van der Waals surface area contributed by atoms with Crippen LogP contribution < -0.4 is 9.47 Å². The molecule has 0 spiro atoms. The highest BCUT2D eigenvalue weighted by atomic mass is 16.7. The summed E-state index contributed by atoms with van der Waals surface area (Å²) in [5, 5.41) is 9.87. The van der Waals surface area contributed by atoms with E-state index in [-0.39, 0.29) is 18.6 Å². The molecule has 0 N–H and O–H groups in total. The molecule has 2 saturated heterocycles. The molecule has 0 saturated carbocycles. The van der Waals surface area contributed by atoms with Crippen LogP contribution in [0, 0.1) is 16.7 Å². The molecular weight excluding hydrogens is 322 g/mol. The highest BCUT2D eigenvalue weighted by molar-refractivity contribution is 5.97. The van der Waals surface area contributed by atoms with Gasteiger partial charge in [0, 0.05) is 12.6 Å². The molecule has 1 unspecified atom stereocenters. The van der Waals surface area contributed by atoms with Crippen molar-refractivity contribution >= 4 is 11.8 Å². The number of likely N-dealkylation sites (N-methyl/N-ethyl adjacent to an activating group) is 1. The Kier molecular flexibility index (Phi) is 3.23. The van der Waals surface area contributed by atoms with Crippen LogP contribution in [0.1, 0.15) is 31.9 Å². The van der Waals surface area contributed by atoms with Gasteiger partial charge in [-0.1, -0.05) is 12.1 Å². The van der Waals surface area contributed by atoms with Crippen LogP contribution in [0.5, 0.6) is 11.5 Å². The maximum atomic E-state index is 13.0. The minimum absolute atomic E-state index is 0.109. The first-order valence-electron chi connectivity index (χ1n) is 8.27. The molecule has 1 aromatic rings. The molecule has 7 nitrogen and oxygen atoms in total. The zero-order chi connectivity index (χ0) is 17.9. The Bertz CT molecular complexity index is 817. The van der Waals surface area contributed by atoms with E-state index in [1.54, 1.807) is 31.9 Å². The summed E-state index contributed by atoms with van der Waals surface area (Å²) in [5.41, 5.74) is -0.165. The first kappa shape index (κ1) is 15.8. The molecule has 1 aromatic carbocycles. The molecule has 0 radical (unpaired) electrons. The number of fused-ring (bicyclic) bond motifs is 2. The Balaban J connectivity index is 1.88. The number of piperazine rings is 1. The smallest absolute Gasteiger partial charge is 0.246 e. The van der Waals surface area contributed by atoms with Gasteiger partial charge < -0.3 is 19.3 Å². The predicted octanol–water partition coefficient (Wildman–Crippen LogP) is 1.45. The number of ether oxygens (including phenoxy) is 2. The van der Waals surface area contributed by atoms with E-state index >= 15 is 0 Å². The first-order valence-corrected chi connectivity index (χ1v) is 8.27. The van der Waals surface area contributed by atoms with Crippen molar-refractivity contribution < 1.29 is 19.1 Å². The molecule has 3 heterocycles.